The number of nitrogens with zero attached hydrogens (tertiary/aromatic N) is 1. The summed E-state index contributed by atoms with van der Waals surface area (Å²) >= 11 is 0. The smallest absolute Gasteiger partial charge is 0.271 e. The Hall–Kier alpha value is -3.02. The molecular weight excluding hydrogens is 297 g/mol. The van der Waals surface area contributed by atoms with Gasteiger partial charge in [0.1, 0.15) is 5.82 Å². The lowest BCUT2D eigenvalue weighted by molar-refractivity contribution is -0.114. The average Bonchev–Trinajstić information content (AvgIpc) is 2.52. The molecule has 0 fully saturated rings. The molecule has 0 heterocycles. The molecule has 5 nitrogen and oxygen atoms in total. The second-order valence-electron chi connectivity index (χ2n) is 4.91. The van der Waals surface area contributed by atoms with Crippen LogP contribution in [0, 0.1) is 5.82 Å². The Morgan fingerprint density at radius 2 is 1.70 bits per heavy atom. The van der Waals surface area contributed by atoms with E-state index >= 15 is 0 Å². The van der Waals surface area contributed by atoms with E-state index in [-0.39, 0.29) is 11.7 Å². The molecule has 0 aliphatic carbocycles. The zero-order valence-corrected chi connectivity index (χ0v) is 12.8. The van der Waals surface area contributed by atoms with Crippen molar-refractivity contribution in [3.8, 4) is 0 Å². The van der Waals surface area contributed by atoms with Crippen molar-refractivity contribution in [3.63, 3.8) is 0 Å². The molecule has 2 aromatic carbocycles. The van der Waals surface area contributed by atoms with Crippen molar-refractivity contribution < 1.29 is 14.0 Å². The number of nitrogens with one attached hydrogen (secondary N) is 2. The van der Waals surface area contributed by atoms with Gasteiger partial charge in [-0.15, -0.1) is 0 Å². The summed E-state index contributed by atoms with van der Waals surface area (Å²) in [6.07, 6.45) is 0. The van der Waals surface area contributed by atoms with E-state index < -0.39 is 5.91 Å². The van der Waals surface area contributed by atoms with E-state index in [4.69, 9.17) is 0 Å². The first kappa shape index (κ1) is 16.4. The van der Waals surface area contributed by atoms with Crippen LogP contribution in [0.2, 0.25) is 0 Å². The molecule has 0 atom stereocenters. The number of hydrogen-bond acceptors (Lipinski definition) is 3. The van der Waals surface area contributed by atoms with Crippen molar-refractivity contribution >= 4 is 23.2 Å². The summed E-state index contributed by atoms with van der Waals surface area (Å²) in [6.45, 7) is 3.10. The highest BCUT2D eigenvalue weighted by Gasteiger charge is 2.06. The van der Waals surface area contributed by atoms with Gasteiger partial charge in [-0.25, -0.2) is 9.82 Å². The van der Waals surface area contributed by atoms with Gasteiger partial charge in [0, 0.05) is 18.2 Å². The van der Waals surface area contributed by atoms with E-state index in [0.717, 1.165) is 0 Å². The van der Waals surface area contributed by atoms with E-state index in [2.05, 4.69) is 15.8 Å². The zero-order chi connectivity index (χ0) is 16.8. The Balaban J connectivity index is 2.08. The van der Waals surface area contributed by atoms with Crippen LogP contribution in [0.5, 0.6) is 0 Å². The van der Waals surface area contributed by atoms with Gasteiger partial charge in [-0.3, -0.25) is 9.59 Å². The molecule has 2 N–H and O–H groups in total. The Bertz CT molecular complexity index is 755. The lowest BCUT2D eigenvalue weighted by atomic mass is 10.1. The molecule has 0 unspecified atom stereocenters. The van der Waals surface area contributed by atoms with Crippen molar-refractivity contribution in [1.29, 1.82) is 0 Å². The van der Waals surface area contributed by atoms with Crippen LogP contribution in [0.1, 0.15) is 29.8 Å². The predicted molar refractivity (Wildman–Crippen MR) is 86.8 cm³/mol. The van der Waals surface area contributed by atoms with Crippen molar-refractivity contribution in [2.75, 3.05) is 5.32 Å². The maximum Gasteiger partial charge on any atom is 0.271 e. The molecule has 0 aromatic heterocycles. The Morgan fingerprint density at radius 1 is 1.00 bits per heavy atom. The maximum atomic E-state index is 12.9. The van der Waals surface area contributed by atoms with Crippen LogP contribution in [0.4, 0.5) is 10.1 Å². The maximum absolute atomic E-state index is 12.9. The van der Waals surface area contributed by atoms with Crippen molar-refractivity contribution in [2.24, 2.45) is 5.10 Å². The third-order valence-electron chi connectivity index (χ3n) is 3.03. The number of rotatable bonds is 4. The lowest BCUT2D eigenvalue weighted by Crippen LogP contribution is -2.19. The SMILES string of the molecule is CC(=O)Nc1cccc(C(=O)N/N=C(\C)c2ccc(F)cc2)c1. The standard InChI is InChI=1S/C17H16FN3O2/c1-11(13-6-8-15(18)9-7-13)20-21-17(23)14-4-3-5-16(10-14)19-12(2)22/h3-10H,1-2H3,(H,19,22)(H,21,23)/b20-11+. The fourth-order valence-corrected chi connectivity index (χ4v) is 1.90. The third-order valence-corrected chi connectivity index (χ3v) is 3.03. The topological polar surface area (TPSA) is 70.6 Å². The van der Waals surface area contributed by atoms with Crippen molar-refractivity contribution in [3.05, 3.63) is 65.5 Å². The van der Waals surface area contributed by atoms with Gasteiger partial charge in [0.25, 0.3) is 5.91 Å². The molecule has 6 heteroatoms. The summed E-state index contributed by atoms with van der Waals surface area (Å²) < 4.78 is 12.9. The second-order valence-corrected chi connectivity index (χ2v) is 4.91. The number of anilines is 1. The number of amides is 2. The normalized spacial score (nSPS) is 11.0. The van der Waals surface area contributed by atoms with Crippen LogP contribution in [-0.2, 0) is 4.79 Å². The molecule has 0 aliphatic rings. The highest BCUT2D eigenvalue weighted by atomic mass is 19.1. The summed E-state index contributed by atoms with van der Waals surface area (Å²) in [7, 11) is 0. The van der Waals surface area contributed by atoms with Crippen LogP contribution >= 0.6 is 0 Å². The van der Waals surface area contributed by atoms with E-state index in [1.807, 2.05) is 0 Å². The minimum atomic E-state index is -0.404. The van der Waals surface area contributed by atoms with Crippen molar-refractivity contribution in [1.82, 2.24) is 5.43 Å². The molecule has 0 saturated heterocycles. The van der Waals surface area contributed by atoms with Crippen LogP contribution < -0.4 is 10.7 Å². The van der Waals surface area contributed by atoms with Gasteiger partial charge in [0.15, 0.2) is 0 Å². The molecule has 0 saturated carbocycles. The Labute approximate surface area is 133 Å². The molecule has 0 radical (unpaired) electrons. The highest BCUT2D eigenvalue weighted by molar-refractivity contribution is 6.01. The van der Waals surface area contributed by atoms with Crippen LogP contribution in [0.3, 0.4) is 0 Å². The quantitative estimate of drug-likeness (QED) is 0.673. The summed E-state index contributed by atoms with van der Waals surface area (Å²) in [5.74, 6) is -0.952. The van der Waals surface area contributed by atoms with Crippen molar-refractivity contribution in [2.45, 2.75) is 13.8 Å². The molecule has 23 heavy (non-hydrogen) atoms. The molecule has 0 bridgehead atoms. The first-order valence-corrected chi connectivity index (χ1v) is 6.94. The van der Waals surface area contributed by atoms with E-state index in [1.165, 1.54) is 19.1 Å². The minimum absolute atomic E-state index is 0.215. The third kappa shape index (κ3) is 4.74. The molecule has 2 rings (SSSR count). The number of benzene rings is 2. The molecule has 118 valence electrons. The van der Waals surface area contributed by atoms with E-state index in [0.29, 0.717) is 22.5 Å². The number of hydrazone groups is 1. The van der Waals surface area contributed by atoms with E-state index in [9.17, 15) is 14.0 Å². The molecule has 0 aliphatic heterocycles. The van der Waals surface area contributed by atoms with Gasteiger partial charge in [-0.1, -0.05) is 18.2 Å². The predicted octanol–water partition coefficient (Wildman–Crippen LogP) is 2.94. The fourth-order valence-electron chi connectivity index (χ4n) is 1.90. The van der Waals surface area contributed by atoms with Gasteiger partial charge in [-0.05, 0) is 42.8 Å². The van der Waals surface area contributed by atoms with Crippen LogP contribution in [-0.4, -0.2) is 17.5 Å². The Morgan fingerprint density at radius 3 is 2.35 bits per heavy atom. The summed E-state index contributed by atoms with van der Waals surface area (Å²) in [4.78, 5) is 23.1. The molecular formula is C17H16FN3O2. The van der Waals surface area contributed by atoms with Gasteiger partial charge in [-0.2, -0.15) is 5.10 Å². The molecule has 2 aromatic rings. The van der Waals surface area contributed by atoms with Gasteiger partial charge >= 0.3 is 0 Å². The first-order chi connectivity index (χ1) is 11.0. The van der Waals surface area contributed by atoms with Crippen LogP contribution in [0.25, 0.3) is 0 Å². The summed E-state index contributed by atoms with van der Waals surface area (Å²) in [5.41, 5.74) is 4.59. The van der Waals surface area contributed by atoms with Gasteiger partial charge in [0.2, 0.25) is 5.91 Å². The largest absolute Gasteiger partial charge is 0.326 e. The average molecular weight is 313 g/mol. The highest BCUT2D eigenvalue weighted by Crippen LogP contribution is 2.10. The van der Waals surface area contributed by atoms with Gasteiger partial charge < -0.3 is 5.32 Å². The summed E-state index contributed by atoms with van der Waals surface area (Å²) in [6, 6.07) is 12.3. The minimum Gasteiger partial charge on any atom is -0.326 e. The van der Waals surface area contributed by atoms with Gasteiger partial charge in [0.05, 0.1) is 5.71 Å². The van der Waals surface area contributed by atoms with E-state index in [1.54, 1.807) is 43.3 Å². The monoisotopic (exact) mass is 313 g/mol. The fraction of sp³-hybridized carbons (Fsp3) is 0.118. The lowest BCUT2D eigenvalue weighted by Gasteiger charge is -2.06. The van der Waals surface area contributed by atoms with Crippen LogP contribution in [0.15, 0.2) is 53.6 Å². The number of carbonyl (C=O) groups excluding carboxylic acids is 2. The Kier molecular flexibility index (Phi) is 5.19. The molecule has 2 amide bonds. The number of carbonyl (C=O) groups is 2. The first-order valence-electron chi connectivity index (χ1n) is 6.94. The summed E-state index contributed by atoms with van der Waals surface area (Å²) in [5, 5.41) is 6.60. The zero-order valence-electron chi connectivity index (χ0n) is 12.8. The number of halogens is 1. The molecule has 0 spiro atoms. The number of hydrogen-bond donors (Lipinski definition) is 2. The second kappa shape index (κ2) is 7.31.